The minimum Gasteiger partial charge on any atom is -0.497 e. The summed E-state index contributed by atoms with van der Waals surface area (Å²) in [5, 5.41) is 3.78. The van der Waals surface area contributed by atoms with E-state index in [1.54, 1.807) is 23.8 Å². The Hall–Kier alpha value is -2.90. The van der Waals surface area contributed by atoms with E-state index in [0.717, 1.165) is 5.69 Å². The number of nitrogens with zero attached hydrogens (tertiary/aromatic N) is 4. The molecule has 2 fully saturated rings. The normalized spacial score (nSPS) is 20.4. The van der Waals surface area contributed by atoms with Gasteiger partial charge in [0.05, 0.1) is 18.9 Å². The first-order valence-electron chi connectivity index (χ1n) is 8.58. The molecule has 2 aliphatic heterocycles. The summed E-state index contributed by atoms with van der Waals surface area (Å²) in [7, 11) is 1.59. The van der Waals surface area contributed by atoms with Gasteiger partial charge in [-0.3, -0.25) is 9.59 Å². The van der Waals surface area contributed by atoms with Gasteiger partial charge in [0, 0.05) is 37.8 Å². The molecule has 0 bridgehead atoms. The smallest absolute Gasteiger partial charge is 0.233 e. The third-order valence-electron chi connectivity index (χ3n) is 4.93. The first-order valence-corrected chi connectivity index (χ1v) is 8.58. The zero-order valence-corrected chi connectivity index (χ0v) is 14.7. The minimum atomic E-state index is -0.320. The summed E-state index contributed by atoms with van der Waals surface area (Å²) in [6.07, 6.45) is 0.233. The quantitative estimate of drug-likeness (QED) is 0.822. The number of ether oxygens (including phenoxy) is 1. The molecule has 0 N–H and O–H groups in total. The van der Waals surface area contributed by atoms with Crippen molar-refractivity contribution in [1.82, 2.24) is 15.0 Å². The van der Waals surface area contributed by atoms with Crippen LogP contribution in [0.3, 0.4) is 0 Å². The third kappa shape index (κ3) is 2.91. The van der Waals surface area contributed by atoms with Gasteiger partial charge in [-0.25, -0.2) is 0 Å². The number of amides is 2. The van der Waals surface area contributed by atoms with Crippen LogP contribution in [0.15, 0.2) is 28.8 Å². The molecule has 8 heteroatoms. The zero-order valence-electron chi connectivity index (χ0n) is 14.7. The van der Waals surface area contributed by atoms with Gasteiger partial charge in [0.2, 0.25) is 17.7 Å². The Morgan fingerprint density at radius 2 is 2.12 bits per heavy atom. The predicted molar refractivity (Wildman–Crippen MR) is 91.8 cm³/mol. The van der Waals surface area contributed by atoms with E-state index in [2.05, 4.69) is 10.1 Å². The van der Waals surface area contributed by atoms with Crippen LogP contribution in [-0.4, -0.2) is 53.6 Å². The van der Waals surface area contributed by atoms with Crippen molar-refractivity contribution in [3.63, 3.8) is 0 Å². The fourth-order valence-electron chi connectivity index (χ4n) is 3.45. The Bertz CT molecular complexity index is 843. The van der Waals surface area contributed by atoms with Crippen molar-refractivity contribution < 1.29 is 18.8 Å². The summed E-state index contributed by atoms with van der Waals surface area (Å²) in [5.74, 6) is 1.60. The predicted octanol–water partition coefficient (Wildman–Crippen LogP) is 1.37. The Labute approximate surface area is 150 Å². The summed E-state index contributed by atoms with van der Waals surface area (Å²) >= 11 is 0. The van der Waals surface area contributed by atoms with Crippen LogP contribution >= 0.6 is 0 Å². The number of aromatic nitrogens is 2. The molecule has 2 aromatic rings. The molecule has 3 heterocycles. The fraction of sp³-hybridized carbons (Fsp3) is 0.444. The summed E-state index contributed by atoms with van der Waals surface area (Å²) in [4.78, 5) is 32.7. The van der Waals surface area contributed by atoms with E-state index >= 15 is 0 Å². The molecule has 0 saturated carbocycles. The van der Waals surface area contributed by atoms with E-state index in [4.69, 9.17) is 9.26 Å². The second-order valence-corrected chi connectivity index (χ2v) is 6.73. The van der Waals surface area contributed by atoms with Crippen molar-refractivity contribution in [1.29, 1.82) is 0 Å². The average molecular weight is 356 g/mol. The maximum Gasteiger partial charge on any atom is 0.233 e. The number of carbonyl (C=O) groups is 2. The maximum absolute atomic E-state index is 12.7. The number of anilines is 1. The highest BCUT2D eigenvalue weighted by molar-refractivity contribution is 6.00. The highest BCUT2D eigenvalue weighted by Gasteiger charge is 2.42. The highest BCUT2D eigenvalue weighted by atomic mass is 16.5. The van der Waals surface area contributed by atoms with Crippen molar-refractivity contribution in [2.45, 2.75) is 19.3 Å². The van der Waals surface area contributed by atoms with Crippen LogP contribution in [0, 0.1) is 12.8 Å². The molecule has 1 aromatic carbocycles. The van der Waals surface area contributed by atoms with Gasteiger partial charge in [-0.15, -0.1) is 0 Å². The molecule has 1 atom stereocenters. The maximum atomic E-state index is 12.7. The van der Waals surface area contributed by atoms with Gasteiger partial charge in [-0.05, 0) is 19.1 Å². The number of benzene rings is 1. The largest absolute Gasteiger partial charge is 0.497 e. The second kappa shape index (κ2) is 6.44. The van der Waals surface area contributed by atoms with E-state index in [9.17, 15) is 9.59 Å². The molecule has 0 radical (unpaired) electrons. The molecule has 2 saturated heterocycles. The van der Waals surface area contributed by atoms with Gasteiger partial charge in [0.1, 0.15) is 5.75 Å². The van der Waals surface area contributed by atoms with E-state index in [1.165, 1.54) is 0 Å². The number of hydrogen-bond donors (Lipinski definition) is 0. The molecular formula is C18H20N4O4. The lowest BCUT2D eigenvalue weighted by Gasteiger charge is -2.38. The zero-order chi connectivity index (χ0) is 18.3. The van der Waals surface area contributed by atoms with Crippen LogP contribution in [0.5, 0.6) is 5.75 Å². The minimum absolute atomic E-state index is 0.0104. The molecule has 1 unspecified atom stereocenters. The Kier molecular flexibility index (Phi) is 4.10. The van der Waals surface area contributed by atoms with Gasteiger partial charge < -0.3 is 19.1 Å². The lowest BCUT2D eigenvalue weighted by molar-refractivity contribution is -0.140. The number of likely N-dealkylation sites (tertiary alicyclic amines) is 1. The standard InChI is InChI=1S/C18H20N4O4/c1-11-19-17(26-20-11)13-8-21(9-13)18(24)12-6-16(23)22(10-12)14-4-3-5-15(7-14)25-2/h3-5,7,12-13H,6,8-10H2,1-2H3. The monoisotopic (exact) mass is 356 g/mol. The van der Waals surface area contributed by atoms with Crippen LogP contribution in [0.4, 0.5) is 5.69 Å². The van der Waals surface area contributed by atoms with Crippen LogP contribution < -0.4 is 9.64 Å². The van der Waals surface area contributed by atoms with Crippen LogP contribution in [0.1, 0.15) is 24.1 Å². The highest BCUT2D eigenvalue weighted by Crippen LogP contribution is 2.32. The van der Waals surface area contributed by atoms with Gasteiger partial charge in [0.15, 0.2) is 5.82 Å². The lowest BCUT2D eigenvalue weighted by Crippen LogP contribution is -2.51. The Morgan fingerprint density at radius 3 is 2.81 bits per heavy atom. The number of aryl methyl sites for hydroxylation is 1. The fourth-order valence-corrected chi connectivity index (χ4v) is 3.45. The molecular weight excluding hydrogens is 336 g/mol. The van der Waals surface area contributed by atoms with Crippen molar-refractivity contribution in [2.75, 3.05) is 31.6 Å². The number of methoxy groups -OCH3 is 1. The van der Waals surface area contributed by atoms with E-state index in [0.29, 0.717) is 37.1 Å². The molecule has 0 spiro atoms. The van der Waals surface area contributed by atoms with Crippen molar-refractivity contribution >= 4 is 17.5 Å². The molecule has 2 amide bonds. The molecule has 8 nitrogen and oxygen atoms in total. The molecule has 1 aromatic heterocycles. The van der Waals surface area contributed by atoms with Crippen LogP contribution in [0.2, 0.25) is 0 Å². The Balaban J connectivity index is 1.38. The van der Waals surface area contributed by atoms with E-state index in [-0.39, 0.29) is 30.1 Å². The number of hydrogen-bond acceptors (Lipinski definition) is 6. The summed E-state index contributed by atoms with van der Waals surface area (Å²) in [6, 6.07) is 7.32. The van der Waals surface area contributed by atoms with Crippen molar-refractivity contribution in [3.8, 4) is 5.75 Å². The SMILES string of the molecule is COc1cccc(N2CC(C(=O)N3CC(c4nc(C)no4)C3)CC2=O)c1. The van der Waals surface area contributed by atoms with E-state index in [1.807, 2.05) is 24.3 Å². The van der Waals surface area contributed by atoms with Crippen LogP contribution in [0.25, 0.3) is 0 Å². The first-order chi connectivity index (χ1) is 12.5. The molecule has 26 heavy (non-hydrogen) atoms. The van der Waals surface area contributed by atoms with Gasteiger partial charge in [-0.2, -0.15) is 4.98 Å². The molecule has 2 aliphatic rings. The van der Waals surface area contributed by atoms with Crippen molar-refractivity contribution in [2.24, 2.45) is 5.92 Å². The van der Waals surface area contributed by atoms with Crippen LogP contribution in [-0.2, 0) is 9.59 Å². The number of rotatable bonds is 4. The first kappa shape index (κ1) is 16.6. The van der Waals surface area contributed by atoms with Gasteiger partial charge in [-0.1, -0.05) is 11.2 Å². The van der Waals surface area contributed by atoms with E-state index < -0.39 is 0 Å². The summed E-state index contributed by atoms with van der Waals surface area (Å²) in [6.45, 7) is 3.28. The molecule has 136 valence electrons. The lowest BCUT2D eigenvalue weighted by atomic mass is 9.96. The molecule has 0 aliphatic carbocycles. The average Bonchev–Trinajstić information content (AvgIpc) is 3.19. The topological polar surface area (TPSA) is 88.8 Å². The summed E-state index contributed by atoms with van der Waals surface area (Å²) < 4.78 is 10.4. The summed E-state index contributed by atoms with van der Waals surface area (Å²) in [5.41, 5.74) is 0.757. The molecule has 4 rings (SSSR count). The number of carbonyl (C=O) groups excluding carboxylic acids is 2. The van der Waals surface area contributed by atoms with Crippen molar-refractivity contribution in [3.05, 3.63) is 36.0 Å². The second-order valence-electron chi connectivity index (χ2n) is 6.73. The third-order valence-corrected chi connectivity index (χ3v) is 4.93. The Morgan fingerprint density at radius 1 is 1.31 bits per heavy atom. The van der Waals surface area contributed by atoms with Gasteiger partial charge in [0.25, 0.3) is 0 Å². The van der Waals surface area contributed by atoms with Gasteiger partial charge >= 0.3 is 0 Å².